The van der Waals surface area contributed by atoms with E-state index in [0.717, 1.165) is 30.4 Å². The standard InChI is InChI=1S/C23H24F5NO/c24-19-9-10-20(25)17(12-19)13-21(29)14-5-7-15(8-6-14)22(30)16-3-1-2-4-18(11-16)23(26,27)28/h1-2,4,9-12,14-15,21H,3,5-8,13,29H2/t14?,15?,21-/m0/s1. The zero-order chi connectivity index (χ0) is 21.9. The highest BCUT2D eigenvalue weighted by molar-refractivity contribution is 5.98. The Morgan fingerprint density at radius 2 is 1.83 bits per heavy atom. The number of allylic oxidation sites excluding steroid dienone is 6. The molecule has 1 saturated carbocycles. The lowest BCUT2D eigenvalue weighted by Gasteiger charge is -2.32. The van der Waals surface area contributed by atoms with Crippen LogP contribution in [-0.2, 0) is 11.2 Å². The van der Waals surface area contributed by atoms with E-state index in [9.17, 15) is 26.7 Å². The van der Waals surface area contributed by atoms with Gasteiger partial charge < -0.3 is 5.73 Å². The number of ketones is 1. The van der Waals surface area contributed by atoms with Crippen LogP contribution in [0.2, 0.25) is 0 Å². The van der Waals surface area contributed by atoms with Gasteiger partial charge in [-0.25, -0.2) is 8.78 Å². The summed E-state index contributed by atoms with van der Waals surface area (Å²) in [5.74, 6) is -1.57. The first-order chi connectivity index (χ1) is 14.1. The first-order valence-electron chi connectivity index (χ1n) is 10.0. The van der Waals surface area contributed by atoms with Crippen molar-refractivity contribution >= 4 is 5.78 Å². The van der Waals surface area contributed by atoms with Gasteiger partial charge in [0.05, 0.1) is 5.57 Å². The van der Waals surface area contributed by atoms with E-state index in [1.54, 1.807) is 6.08 Å². The number of rotatable bonds is 5. The Balaban J connectivity index is 1.60. The Hall–Kier alpha value is -2.28. The number of Topliss-reactive ketones (excluding diaryl/α,β-unsaturated/α-hetero) is 1. The number of hydrogen-bond acceptors (Lipinski definition) is 2. The van der Waals surface area contributed by atoms with Gasteiger partial charge in [0, 0.05) is 12.0 Å². The zero-order valence-electron chi connectivity index (χ0n) is 16.4. The maximum absolute atomic E-state index is 13.9. The van der Waals surface area contributed by atoms with Gasteiger partial charge >= 0.3 is 6.18 Å². The fraction of sp³-hybridized carbons (Fsp3) is 0.435. The van der Waals surface area contributed by atoms with Crippen LogP contribution in [0.3, 0.4) is 0 Å². The molecule has 0 spiro atoms. The largest absolute Gasteiger partial charge is 0.416 e. The molecule has 2 nitrogen and oxygen atoms in total. The second kappa shape index (κ2) is 9.25. The molecule has 2 aliphatic carbocycles. The molecule has 0 bridgehead atoms. The highest BCUT2D eigenvalue weighted by Gasteiger charge is 2.35. The predicted molar refractivity (Wildman–Crippen MR) is 104 cm³/mol. The molecule has 2 N–H and O–H groups in total. The van der Waals surface area contributed by atoms with Crippen LogP contribution in [0.15, 0.2) is 53.6 Å². The fourth-order valence-corrected chi connectivity index (χ4v) is 4.20. The van der Waals surface area contributed by atoms with Crippen molar-refractivity contribution in [2.75, 3.05) is 0 Å². The third-order valence-corrected chi connectivity index (χ3v) is 5.93. The van der Waals surface area contributed by atoms with Crippen molar-refractivity contribution in [2.45, 2.75) is 50.7 Å². The maximum atomic E-state index is 13.9. The quantitative estimate of drug-likeness (QED) is 0.626. The molecule has 0 saturated heterocycles. The average molecular weight is 425 g/mol. The summed E-state index contributed by atoms with van der Waals surface area (Å²) in [4.78, 5) is 12.8. The van der Waals surface area contributed by atoms with E-state index in [-0.39, 0.29) is 47.6 Å². The van der Waals surface area contributed by atoms with E-state index in [2.05, 4.69) is 0 Å². The Morgan fingerprint density at radius 1 is 1.13 bits per heavy atom. The Kier molecular flexibility index (Phi) is 6.91. The molecule has 0 heterocycles. The number of alkyl halides is 3. The van der Waals surface area contributed by atoms with E-state index in [4.69, 9.17) is 5.73 Å². The van der Waals surface area contributed by atoms with Crippen LogP contribution >= 0.6 is 0 Å². The highest BCUT2D eigenvalue weighted by atomic mass is 19.4. The van der Waals surface area contributed by atoms with Crippen molar-refractivity contribution in [3.8, 4) is 0 Å². The molecule has 0 aromatic heterocycles. The van der Waals surface area contributed by atoms with Gasteiger partial charge in [-0.2, -0.15) is 13.2 Å². The van der Waals surface area contributed by atoms with E-state index in [0.29, 0.717) is 25.7 Å². The molecule has 0 aliphatic heterocycles. The Bertz CT molecular complexity index is 876. The van der Waals surface area contributed by atoms with Crippen LogP contribution in [0.4, 0.5) is 22.0 Å². The van der Waals surface area contributed by atoms with Crippen LogP contribution < -0.4 is 5.73 Å². The molecular weight excluding hydrogens is 401 g/mol. The fourth-order valence-electron chi connectivity index (χ4n) is 4.20. The lowest BCUT2D eigenvalue weighted by Crippen LogP contribution is -2.36. The number of carbonyl (C=O) groups is 1. The molecular formula is C23H24F5NO. The van der Waals surface area contributed by atoms with Gasteiger partial charge in [0.15, 0.2) is 5.78 Å². The van der Waals surface area contributed by atoms with Crippen molar-refractivity contribution in [1.29, 1.82) is 0 Å². The molecule has 0 unspecified atom stereocenters. The monoisotopic (exact) mass is 425 g/mol. The predicted octanol–water partition coefficient (Wildman–Crippen LogP) is 5.59. The smallest absolute Gasteiger partial charge is 0.327 e. The minimum atomic E-state index is -4.50. The first-order valence-corrected chi connectivity index (χ1v) is 10.0. The molecule has 2 aliphatic rings. The molecule has 7 heteroatoms. The lowest BCUT2D eigenvalue weighted by atomic mass is 9.74. The molecule has 1 aromatic carbocycles. The number of benzene rings is 1. The van der Waals surface area contributed by atoms with Crippen LogP contribution in [0, 0.1) is 23.5 Å². The van der Waals surface area contributed by atoms with E-state index in [1.165, 1.54) is 6.08 Å². The Labute approximate surface area is 172 Å². The second-order valence-electron chi connectivity index (χ2n) is 8.00. The molecule has 3 rings (SSSR count). The molecule has 162 valence electrons. The molecule has 1 fully saturated rings. The van der Waals surface area contributed by atoms with E-state index >= 15 is 0 Å². The van der Waals surface area contributed by atoms with Crippen LogP contribution in [0.5, 0.6) is 0 Å². The molecule has 30 heavy (non-hydrogen) atoms. The normalized spacial score (nSPS) is 23.4. The minimum absolute atomic E-state index is 0.0466. The number of nitrogens with two attached hydrogens (primary N) is 1. The molecule has 1 atom stereocenters. The summed E-state index contributed by atoms with van der Waals surface area (Å²) < 4.78 is 66.4. The summed E-state index contributed by atoms with van der Waals surface area (Å²) in [6, 6.07) is 2.89. The van der Waals surface area contributed by atoms with E-state index < -0.39 is 23.4 Å². The minimum Gasteiger partial charge on any atom is -0.327 e. The van der Waals surface area contributed by atoms with Crippen molar-refractivity contribution in [3.63, 3.8) is 0 Å². The van der Waals surface area contributed by atoms with Crippen LogP contribution in [0.25, 0.3) is 0 Å². The summed E-state index contributed by atoms with van der Waals surface area (Å²) in [7, 11) is 0. The van der Waals surface area contributed by atoms with E-state index in [1.807, 2.05) is 0 Å². The topological polar surface area (TPSA) is 43.1 Å². The number of carbonyl (C=O) groups excluding carboxylic acids is 1. The summed E-state index contributed by atoms with van der Waals surface area (Å²) >= 11 is 0. The summed E-state index contributed by atoms with van der Waals surface area (Å²) in [6.07, 6.45) is 2.96. The van der Waals surface area contributed by atoms with Crippen LogP contribution in [0.1, 0.15) is 37.7 Å². The van der Waals surface area contributed by atoms with Gasteiger partial charge in [-0.3, -0.25) is 4.79 Å². The first kappa shape index (κ1) is 22.4. The summed E-state index contributed by atoms with van der Waals surface area (Å²) in [5.41, 5.74) is 5.79. The third kappa shape index (κ3) is 5.45. The average Bonchev–Trinajstić information content (AvgIpc) is 2.97. The summed E-state index contributed by atoms with van der Waals surface area (Å²) in [5, 5.41) is 0. The van der Waals surface area contributed by atoms with Crippen molar-refractivity contribution in [3.05, 3.63) is 70.8 Å². The molecule has 1 aromatic rings. The summed E-state index contributed by atoms with van der Waals surface area (Å²) in [6.45, 7) is 0. The van der Waals surface area contributed by atoms with Gasteiger partial charge in [0.2, 0.25) is 0 Å². The van der Waals surface area contributed by atoms with Crippen molar-refractivity contribution in [1.82, 2.24) is 0 Å². The lowest BCUT2D eigenvalue weighted by molar-refractivity contribution is -0.120. The van der Waals surface area contributed by atoms with Gasteiger partial charge in [0.25, 0.3) is 0 Å². The van der Waals surface area contributed by atoms with Crippen LogP contribution in [-0.4, -0.2) is 18.0 Å². The number of halogens is 5. The van der Waals surface area contributed by atoms with Gasteiger partial charge in [-0.05, 0) is 79.9 Å². The zero-order valence-corrected chi connectivity index (χ0v) is 16.4. The SMILES string of the molecule is N[C@@H](Cc1cc(F)ccc1F)C1CCC(C(=O)C2=CC(C(F)(F)F)=CC=CC2)CC1. The molecule has 0 radical (unpaired) electrons. The van der Waals surface area contributed by atoms with Gasteiger partial charge in [0.1, 0.15) is 11.6 Å². The third-order valence-electron chi connectivity index (χ3n) is 5.93. The van der Waals surface area contributed by atoms with Crippen molar-refractivity contribution in [2.24, 2.45) is 17.6 Å². The highest BCUT2D eigenvalue weighted by Crippen LogP contribution is 2.35. The maximum Gasteiger partial charge on any atom is 0.416 e. The second-order valence-corrected chi connectivity index (χ2v) is 8.00. The number of hydrogen-bond donors (Lipinski definition) is 1. The Morgan fingerprint density at radius 3 is 2.50 bits per heavy atom. The van der Waals surface area contributed by atoms with Gasteiger partial charge in [-0.15, -0.1) is 0 Å². The molecule has 0 amide bonds. The van der Waals surface area contributed by atoms with Crippen molar-refractivity contribution < 1.29 is 26.7 Å². The van der Waals surface area contributed by atoms with Gasteiger partial charge in [-0.1, -0.05) is 18.2 Å².